The predicted molar refractivity (Wildman–Crippen MR) is 24.0 cm³/mol. The summed E-state index contributed by atoms with van der Waals surface area (Å²) < 4.78 is 54.4. The lowest BCUT2D eigenvalue weighted by molar-refractivity contribution is 0.425. The minimum absolute atomic E-state index is 1.83. The van der Waals surface area contributed by atoms with Gasteiger partial charge in [0, 0.05) is 0 Å². The summed E-state index contributed by atoms with van der Waals surface area (Å²) >= 11 is 0. The van der Waals surface area contributed by atoms with Crippen LogP contribution in [0.1, 0.15) is 0 Å². The van der Waals surface area contributed by atoms with Gasteiger partial charge in [0.25, 0.3) is 6.08 Å². The van der Waals surface area contributed by atoms with Crippen molar-refractivity contribution in [3.63, 3.8) is 0 Å². The van der Waals surface area contributed by atoms with Gasteiger partial charge < -0.3 is 0 Å². The van der Waals surface area contributed by atoms with Gasteiger partial charge in [0.05, 0.1) is 0 Å². The van der Waals surface area contributed by atoms with Gasteiger partial charge in [-0.25, -0.2) is 0 Å². The lowest BCUT2D eigenvalue weighted by Crippen LogP contribution is -1.80. The first-order valence-corrected chi connectivity index (χ1v) is 2.74. The topological polar surface area (TPSA) is 54.4 Å². The van der Waals surface area contributed by atoms with Gasteiger partial charge in [0.1, 0.15) is 0 Å². The number of halogens is 3. The van der Waals surface area contributed by atoms with E-state index in [1.165, 1.54) is 0 Å². The Labute approximate surface area is 49.8 Å². The number of hydrogen-bond donors (Lipinski definition) is 1. The molecule has 0 saturated heterocycles. The molecule has 0 amide bonds. The van der Waals surface area contributed by atoms with Crippen LogP contribution in [0.15, 0.2) is 12.7 Å². The van der Waals surface area contributed by atoms with Crippen molar-refractivity contribution in [3.05, 3.63) is 12.7 Å². The number of rotatable bonds is 0. The van der Waals surface area contributed by atoms with E-state index in [-0.39, 0.29) is 0 Å². The Morgan fingerprint density at radius 2 is 1.44 bits per heavy atom. The van der Waals surface area contributed by atoms with Crippen LogP contribution in [0, 0.1) is 0 Å². The van der Waals surface area contributed by atoms with Crippen molar-refractivity contribution in [2.75, 3.05) is 0 Å². The summed E-state index contributed by atoms with van der Waals surface area (Å²) in [6.45, 7) is 2.22. The third-order valence-electron chi connectivity index (χ3n) is 0. The molecule has 0 bridgehead atoms. The molecule has 56 valence electrons. The van der Waals surface area contributed by atoms with Gasteiger partial charge in [0.2, 0.25) is 0 Å². The summed E-state index contributed by atoms with van der Waals surface area (Å²) in [4.78, 5) is 0. The van der Waals surface area contributed by atoms with Crippen molar-refractivity contribution in [1.29, 1.82) is 0 Å². The summed E-state index contributed by atoms with van der Waals surface area (Å²) in [7, 11) is -5.17. The maximum absolute atomic E-state index is 10.2. The smallest absolute Gasteiger partial charge is 0.260 e. The van der Waals surface area contributed by atoms with E-state index in [4.69, 9.17) is 13.0 Å². The van der Waals surface area contributed by atoms with E-state index in [0.717, 1.165) is 0 Å². The Morgan fingerprint density at radius 1 is 1.44 bits per heavy atom. The molecule has 0 aromatic rings. The van der Waals surface area contributed by atoms with Crippen molar-refractivity contribution >= 4 is 10.5 Å². The van der Waals surface area contributed by atoms with Crippen molar-refractivity contribution in [2.24, 2.45) is 0 Å². The van der Waals surface area contributed by atoms with Crippen molar-refractivity contribution in [1.82, 2.24) is 0 Å². The average molecular weight is 164 g/mol. The average Bonchev–Trinajstić information content (AvgIpc) is 1.19. The highest BCUT2D eigenvalue weighted by molar-refractivity contribution is 7.80. The van der Waals surface area contributed by atoms with Gasteiger partial charge in [0.15, 0.2) is 0 Å². The largest absolute Gasteiger partial charge is 0.435 e. The molecule has 0 spiro atoms. The highest BCUT2D eigenvalue weighted by atomic mass is 32.3. The van der Waals surface area contributed by atoms with E-state index in [2.05, 4.69) is 6.58 Å². The van der Waals surface area contributed by atoms with E-state index >= 15 is 0 Å². The summed E-state index contributed by atoms with van der Waals surface area (Å²) in [5.74, 6) is 0. The maximum Gasteiger partial charge on any atom is 0.435 e. The van der Waals surface area contributed by atoms with E-state index in [1.54, 1.807) is 0 Å². The zero-order chi connectivity index (χ0) is 8.08. The third kappa shape index (κ3) is 702. The molecule has 0 unspecified atom stereocenters. The first kappa shape index (κ1) is 11.3. The first-order valence-electron chi connectivity index (χ1n) is 1.40. The van der Waals surface area contributed by atoms with Crippen LogP contribution in [-0.2, 0) is 10.5 Å². The van der Waals surface area contributed by atoms with Gasteiger partial charge in [-0.2, -0.15) is 17.2 Å². The fourth-order valence-corrected chi connectivity index (χ4v) is 0. The minimum atomic E-state index is -5.17. The Kier molecular flexibility index (Phi) is 5.42. The summed E-state index contributed by atoms with van der Waals surface area (Å²) in [5.41, 5.74) is 0. The fraction of sp³-hybridized carbons (Fsp3) is 0. The molecule has 0 rings (SSSR count). The highest BCUT2D eigenvalue weighted by Crippen LogP contribution is 1.85. The van der Waals surface area contributed by atoms with Gasteiger partial charge in [-0.3, -0.25) is 4.55 Å². The molecule has 0 aliphatic rings. The Balaban J connectivity index is 0. The Bertz CT molecular complexity index is 159. The zero-order valence-electron chi connectivity index (χ0n) is 4.01. The molecule has 0 heterocycles. The SMILES string of the molecule is C=C(F)F.O=S(=O)(O)F. The van der Waals surface area contributed by atoms with Gasteiger partial charge in [-0.05, 0) is 6.58 Å². The second kappa shape index (κ2) is 4.33. The molecule has 0 fully saturated rings. The van der Waals surface area contributed by atoms with Crippen LogP contribution in [0.2, 0.25) is 0 Å². The van der Waals surface area contributed by atoms with Gasteiger partial charge in [-0.1, -0.05) is 3.89 Å². The maximum atomic E-state index is 10.2. The molecule has 0 saturated carbocycles. The summed E-state index contributed by atoms with van der Waals surface area (Å²) in [6.07, 6.45) is -1.83. The Morgan fingerprint density at radius 3 is 1.44 bits per heavy atom. The molecule has 1 N–H and O–H groups in total. The Hall–Kier alpha value is -0.560. The van der Waals surface area contributed by atoms with Gasteiger partial charge >= 0.3 is 10.5 Å². The second-order valence-electron chi connectivity index (χ2n) is 0.751. The molecule has 9 heavy (non-hydrogen) atoms. The van der Waals surface area contributed by atoms with Gasteiger partial charge in [-0.15, -0.1) is 0 Å². The molecule has 0 aliphatic carbocycles. The van der Waals surface area contributed by atoms with Crippen molar-refractivity contribution in [3.8, 4) is 0 Å². The van der Waals surface area contributed by atoms with Crippen LogP contribution >= 0.6 is 0 Å². The van der Waals surface area contributed by atoms with Crippen LogP contribution < -0.4 is 0 Å². The van der Waals surface area contributed by atoms with E-state index in [9.17, 15) is 12.7 Å². The molecule has 0 aromatic heterocycles. The molecule has 0 radical (unpaired) electrons. The zero-order valence-corrected chi connectivity index (χ0v) is 4.83. The van der Waals surface area contributed by atoms with Crippen LogP contribution in [0.3, 0.4) is 0 Å². The third-order valence-corrected chi connectivity index (χ3v) is 0. The molecule has 0 aliphatic heterocycles. The normalized spacial score (nSPS) is 9.33. The van der Waals surface area contributed by atoms with Crippen molar-refractivity contribution in [2.45, 2.75) is 0 Å². The van der Waals surface area contributed by atoms with Crippen LogP contribution in [-0.4, -0.2) is 13.0 Å². The fourth-order valence-electron chi connectivity index (χ4n) is 0. The monoisotopic (exact) mass is 164 g/mol. The number of hydrogen-bond acceptors (Lipinski definition) is 2. The predicted octanol–water partition coefficient (Wildman–Crippen LogP) is 1.16. The minimum Gasteiger partial charge on any atom is -0.260 e. The standard InChI is InChI=1S/C2H2F2.FHO3S/c1-2(3)4;1-5(2,3)4/h1H2;(H,2,3,4). The first-order chi connectivity index (χ1) is 3.73. The van der Waals surface area contributed by atoms with E-state index in [1.807, 2.05) is 0 Å². The summed E-state index contributed by atoms with van der Waals surface area (Å²) in [5, 5.41) is 0. The molecule has 3 nitrogen and oxygen atoms in total. The van der Waals surface area contributed by atoms with Crippen molar-refractivity contribution < 1.29 is 25.6 Å². The van der Waals surface area contributed by atoms with E-state index < -0.39 is 16.6 Å². The van der Waals surface area contributed by atoms with Crippen LogP contribution in [0.4, 0.5) is 12.7 Å². The molecular formula is C2H3F3O3S. The summed E-state index contributed by atoms with van der Waals surface area (Å²) in [6, 6.07) is 0. The van der Waals surface area contributed by atoms with Crippen LogP contribution in [0.25, 0.3) is 0 Å². The second-order valence-corrected chi connectivity index (χ2v) is 1.58. The lowest BCUT2D eigenvalue weighted by atomic mass is 11.2. The molecule has 0 atom stereocenters. The molecule has 0 aromatic carbocycles. The van der Waals surface area contributed by atoms with E-state index in [0.29, 0.717) is 0 Å². The molecule has 7 heteroatoms. The highest BCUT2D eigenvalue weighted by Gasteiger charge is 1.89. The lowest BCUT2D eigenvalue weighted by Gasteiger charge is -1.63. The molecular weight excluding hydrogens is 161 g/mol. The quantitative estimate of drug-likeness (QED) is 0.431. The van der Waals surface area contributed by atoms with Crippen LogP contribution in [0.5, 0.6) is 0 Å².